The van der Waals surface area contributed by atoms with Crippen molar-refractivity contribution in [3.8, 4) is 0 Å². The summed E-state index contributed by atoms with van der Waals surface area (Å²) in [5.41, 5.74) is 1.80. The third kappa shape index (κ3) is 5.30. The van der Waals surface area contributed by atoms with E-state index in [4.69, 9.17) is 9.47 Å². The molecule has 1 aromatic rings. The smallest absolute Gasteiger partial charge is 0.250 e. The number of nitrogens with one attached hydrogen (secondary N) is 1. The van der Waals surface area contributed by atoms with Crippen molar-refractivity contribution in [2.24, 2.45) is 0 Å². The molecule has 0 radical (unpaired) electrons. The molecule has 0 aromatic heterocycles. The molecule has 0 bridgehead atoms. The minimum Gasteiger partial charge on any atom is -0.382 e. The van der Waals surface area contributed by atoms with E-state index in [0.717, 1.165) is 15.7 Å². The molecule has 0 aliphatic rings. The highest BCUT2D eigenvalue weighted by atomic mass is 79.9. The first-order chi connectivity index (χ1) is 8.13. The van der Waals surface area contributed by atoms with Crippen LogP contribution in [0, 0.1) is 6.92 Å². The molecule has 0 aliphatic heterocycles. The highest BCUT2D eigenvalue weighted by Crippen LogP contribution is 2.20. The van der Waals surface area contributed by atoms with Gasteiger partial charge in [-0.25, -0.2) is 0 Å². The van der Waals surface area contributed by atoms with Gasteiger partial charge in [-0.3, -0.25) is 4.79 Å². The number of ether oxygens (including phenoxy) is 2. The lowest BCUT2D eigenvalue weighted by Crippen LogP contribution is -2.20. The van der Waals surface area contributed by atoms with Gasteiger partial charge in [0.15, 0.2) is 0 Å². The number of amides is 1. The van der Waals surface area contributed by atoms with E-state index in [9.17, 15) is 4.79 Å². The van der Waals surface area contributed by atoms with Crippen molar-refractivity contribution >= 4 is 27.5 Å². The fourth-order valence-electron chi connectivity index (χ4n) is 1.22. The van der Waals surface area contributed by atoms with Gasteiger partial charge in [0.2, 0.25) is 5.91 Å². The Kier molecular flexibility index (Phi) is 6.18. The van der Waals surface area contributed by atoms with Crippen molar-refractivity contribution in [1.29, 1.82) is 0 Å². The third-order valence-corrected chi connectivity index (χ3v) is 2.63. The molecule has 0 unspecified atom stereocenters. The van der Waals surface area contributed by atoms with E-state index in [0.29, 0.717) is 13.2 Å². The Morgan fingerprint density at radius 3 is 2.88 bits per heavy atom. The predicted octanol–water partition coefficient (Wildman–Crippen LogP) is 2.36. The number of hydrogen-bond acceptors (Lipinski definition) is 3. The molecule has 5 heteroatoms. The van der Waals surface area contributed by atoms with Gasteiger partial charge in [0.1, 0.15) is 6.61 Å². The summed E-state index contributed by atoms with van der Waals surface area (Å²) in [4.78, 5) is 11.5. The third-order valence-electron chi connectivity index (χ3n) is 2.14. The number of rotatable bonds is 6. The van der Waals surface area contributed by atoms with Gasteiger partial charge < -0.3 is 14.8 Å². The number of hydrogen-bond donors (Lipinski definition) is 1. The molecule has 4 nitrogen and oxygen atoms in total. The van der Waals surface area contributed by atoms with Crippen LogP contribution >= 0.6 is 15.9 Å². The van der Waals surface area contributed by atoms with Gasteiger partial charge >= 0.3 is 0 Å². The maximum Gasteiger partial charge on any atom is 0.250 e. The zero-order chi connectivity index (χ0) is 12.7. The lowest BCUT2D eigenvalue weighted by molar-refractivity contribution is -0.121. The van der Waals surface area contributed by atoms with Gasteiger partial charge in [0, 0.05) is 17.3 Å². The average Bonchev–Trinajstić information content (AvgIpc) is 2.29. The van der Waals surface area contributed by atoms with E-state index >= 15 is 0 Å². The summed E-state index contributed by atoms with van der Waals surface area (Å²) in [5.74, 6) is -0.165. The Labute approximate surface area is 109 Å². The van der Waals surface area contributed by atoms with Gasteiger partial charge in [0.05, 0.1) is 13.2 Å². The number of aryl methyl sites for hydroxylation is 1. The van der Waals surface area contributed by atoms with E-state index in [2.05, 4.69) is 21.2 Å². The van der Waals surface area contributed by atoms with Crippen molar-refractivity contribution in [3.63, 3.8) is 0 Å². The summed E-state index contributed by atoms with van der Waals surface area (Å²) < 4.78 is 10.9. The molecule has 1 rings (SSSR count). The summed E-state index contributed by atoms with van der Waals surface area (Å²) in [6.07, 6.45) is 0. The van der Waals surface area contributed by atoms with Gasteiger partial charge in [-0.05, 0) is 24.6 Å². The van der Waals surface area contributed by atoms with Crippen molar-refractivity contribution in [1.82, 2.24) is 0 Å². The Morgan fingerprint density at radius 2 is 2.18 bits per heavy atom. The van der Waals surface area contributed by atoms with E-state index in [1.54, 1.807) is 7.11 Å². The molecular formula is C12H16BrNO3. The van der Waals surface area contributed by atoms with Gasteiger partial charge in [-0.2, -0.15) is 0 Å². The molecule has 1 amide bonds. The quantitative estimate of drug-likeness (QED) is 0.821. The minimum absolute atomic E-state index is 0.0370. The molecular weight excluding hydrogens is 286 g/mol. The fraction of sp³-hybridized carbons (Fsp3) is 0.417. The SMILES string of the molecule is COCCOCC(=O)Nc1cc(Br)ccc1C. The molecule has 0 aliphatic carbocycles. The first-order valence-corrected chi connectivity index (χ1v) is 6.05. The molecule has 1 aromatic carbocycles. The van der Waals surface area contributed by atoms with E-state index in [-0.39, 0.29) is 12.5 Å². The Balaban J connectivity index is 2.42. The Morgan fingerprint density at radius 1 is 1.41 bits per heavy atom. The largest absolute Gasteiger partial charge is 0.382 e. The van der Waals surface area contributed by atoms with Gasteiger partial charge in [0.25, 0.3) is 0 Å². The van der Waals surface area contributed by atoms with Crippen LogP contribution in [-0.2, 0) is 14.3 Å². The van der Waals surface area contributed by atoms with Crippen molar-refractivity contribution in [3.05, 3.63) is 28.2 Å². The second kappa shape index (κ2) is 7.42. The Hall–Kier alpha value is -0.910. The summed E-state index contributed by atoms with van der Waals surface area (Å²) in [7, 11) is 1.59. The zero-order valence-electron chi connectivity index (χ0n) is 9.96. The number of halogens is 1. The molecule has 0 saturated carbocycles. The second-order valence-electron chi connectivity index (χ2n) is 3.55. The van der Waals surface area contributed by atoms with Crippen LogP contribution in [0.5, 0.6) is 0 Å². The minimum atomic E-state index is -0.165. The monoisotopic (exact) mass is 301 g/mol. The number of methoxy groups -OCH3 is 1. The highest BCUT2D eigenvalue weighted by molar-refractivity contribution is 9.10. The Bertz CT molecular complexity index is 382. The molecule has 1 N–H and O–H groups in total. The zero-order valence-corrected chi connectivity index (χ0v) is 11.5. The molecule has 0 spiro atoms. The van der Waals surface area contributed by atoms with Crippen LogP contribution in [0.15, 0.2) is 22.7 Å². The number of anilines is 1. The first kappa shape index (κ1) is 14.2. The number of carbonyl (C=O) groups excluding carboxylic acids is 1. The van der Waals surface area contributed by atoms with Crippen molar-refractivity contribution < 1.29 is 14.3 Å². The standard InChI is InChI=1S/C12H16BrNO3/c1-9-3-4-10(13)7-11(9)14-12(15)8-17-6-5-16-2/h3-4,7H,5-6,8H2,1-2H3,(H,14,15). The fourth-order valence-corrected chi connectivity index (χ4v) is 1.58. The van der Waals surface area contributed by atoms with Crippen LogP contribution < -0.4 is 5.32 Å². The van der Waals surface area contributed by atoms with E-state index < -0.39 is 0 Å². The van der Waals surface area contributed by atoms with Crippen molar-refractivity contribution in [2.45, 2.75) is 6.92 Å². The summed E-state index contributed by atoms with van der Waals surface area (Å²) in [6, 6.07) is 5.73. The maximum absolute atomic E-state index is 11.5. The number of carbonyl (C=O) groups is 1. The van der Waals surface area contributed by atoms with Gasteiger partial charge in [-0.15, -0.1) is 0 Å². The summed E-state index contributed by atoms with van der Waals surface area (Å²) in [6.45, 7) is 2.88. The van der Waals surface area contributed by atoms with Crippen LogP contribution in [0.2, 0.25) is 0 Å². The lowest BCUT2D eigenvalue weighted by Gasteiger charge is -2.09. The van der Waals surface area contributed by atoms with Crippen LogP contribution in [0.1, 0.15) is 5.56 Å². The predicted molar refractivity (Wildman–Crippen MR) is 70.2 cm³/mol. The lowest BCUT2D eigenvalue weighted by atomic mass is 10.2. The van der Waals surface area contributed by atoms with E-state index in [1.807, 2.05) is 25.1 Å². The summed E-state index contributed by atoms with van der Waals surface area (Å²) in [5, 5.41) is 2.79. The van der Waals surface area contributed by atoms with Crippen molar-refractivity contribution in [2.75, 3.05) is 32.2 Å². The maximum atomic E-state index is 11.5. The van der Waals surface area contributed by atoms with Crippen LogP contribution in [0.4, 0.5) is 5.69 Å². The average molecular weight is 302 g/mol. The van der Waals surface area contributed by atoms with E-state index in [1.165, 1.54) is 0 Å². The summed E-state index contributed by atoms with van der Waals surface area (Å²) >= 11 is 3.36. The molecule has 0 atom stereocenters. The molecule has 0 saturated heterocycles. The molecule has 0 fully saturated rings. The highest BCUT2D eigenvalue weighted by Gasteiger charge is 2.05. The normalized spacial score (nSPS) is 10.3. The molecule has 17 heavy (non-hydrogen) atoms. The topological polar surface area (TPSA) is 47.6 Å². The second-order valence-corrected chi connectivity index (χ2v) is 4.47. The van der Waals surface area contributed by atoms with Crippen LogP contribution in [-0.4, -0.2) is 32.8 Å². The van der Waals surface area contributed by atoms with Gasteiger partial charge in [-0.1, -0.05) is 22.0 Å². The van der Waals surface area contributed by atoms with Crippen LogP contribution in [0.25, 0.3) is 0 Å². The van der Waals surface area contributed by atoms with Crippen LogP contribution in [0.3, 0.4) is 0 Å². The molecule has 0 heterocycles. The molecule has 94 valence electrons. The first-order valence-electron chi connectivity index (χ1n) is 5.26. The number of benzene rings is 1.